The molecule has 20 heavy (non-hydrogen) atoms. The zero-order valence-corrected chi connectivity index (χ0v) is 11.1. The van der Waals surface area contributed by atoms with Crippen molar-refractivity contribution in [1.82, 2.24) is 10.2 Å². The van der Waals surface area contributed by atoms with Crippen LogP contribution < -0.4 is 10.1 Å². The Bertz CT molecular complexity index is 495. The molecule has 1 aromatic rings. The highest BCUT2D eigenvalue weighted by Crippen LogP contribution is 2.12. The second-order valence-corrected chi connectivity index (χ2v) is 4.65. The molecular weight excluding hydrogens is 258 g/mol. The molecule has 0 aliphatic carbocycles. The molecule has 1 aliphatic rings. The van der Waals surface area contributed by atoms with E-state index < -0.39 is 6.09 Å². The third kappa shape index (κ3) is 3.87. The highest BCUT2D eigenvalue weighted by atomic mass is 16.5. The van der Waals surface area contributed by atoms with Gasteiger partial charge in [0, 0.05) is 25.7 Å². The number of benzene rings is 1. The van der Waals surface area contributed by atoms with E-state index in [1.54, 1.807) is 24.3 Å². The van der Waals surface area contributed by atoms with E-state index in [9.17, 15) is 4.79 Å². The first-order valence-electron chi connectivity index (χ1n) is 6.53. The van der Waals surface area contributed by atoms with Crippen molar-refractivity contribution in [3.63, 3.8) is 0 Å². The van der Waals surface area contributed by atoms with E-state index >= 15 is 0 Å². The number of ether oxygens (including phenoxy) is 1. The number of carboxylic acid groups (broad SMARTS) is 1. The van der Waals surface area contributed by atoms with Crippen LogP contribution in [0.25, 0.3) is 0 Å². The van der Waals surface area contributed by atoms with E-state index in [0.29, 0.717) is 31.8 Å². The van der Waals surface area contributed by atoms with E-state index in [4.69, 9.17) is 15.1 Å². The summed E-state index contributed by atoms with van der Waals surface area (Å²) < 4.78 is 5.59. The lowest BCUT2D eigenvalue weighted by Crippen LogP contribution is -2.52. The Balaban J connectivity index is 1.75. The molecule has 0 aromatic heterocycles. The number of nitrogens with zero attached hydrogens (tertiary/aromatic N) is 2. The molecule has 6 nitrogen and oxygen atoms in total. The van der Waals surface area contributed by atoms with Crippen LogP contribution in [-0.2, 0) is 0 Å². The van der Waals surface area contributed by atoms with E-state index in [0.717, 1.165) is 12.2 Å². The van der Waals surface area contributed by atoms with Crippen LogP contribution in [-0.4, -0.2) is 48.4 Å². The Hall–Kier alpha value is -2.26. The van der Waals surface area contributed by atoms with Crippen molar-refractivity contribution in [1.29, 1.82) is 5.26 Å². The minimum Gasteiger partial charge on any atom is -0.494 e. The third-order valence-electron chi connectivity index (χ3n) is 3.24. The number of amides is 1. The normalized spacial score (nSPS) is 18.4. The van der Waals surface area contributed by atoms with Gasteiger partial charge < -0.3 is 20.1 Å². The first-order valence-corrected chi connectivity index (χ1v) is 6.53. The number of piperazine rings is 1. The second kappa shape index (κ2) is 6.78. The lowest BCUT2D eigenvalue weighted by atomic mass is 10.1. The number of nitrogens with one attached hydrogen (secondary N) is 1. The van der Waals surface area contributed by atoms with Crippen molar-refractivity contribution < 1.29 is 14.6 Å². The molecule has 1 heterocycles. The molecule has 1 saturated heterocycles. The maximum absolute atomic E-state index is 10.9. The lowest BCUT2D eigenvalue weighted by molar-refractivity contribution is 0.124. The number of nitriles is 1. The molecule has 1 aliphatic heterocycles. The lowest BCUT2D eigenvalue weighted by Gasteiger charge is -2.31. The van der Waals surface area contributed by atoms with Gasteiger partial charge in [-0.15, -0.1) is 0 Å². The molecule has 1 amide bonds. The van der Waals surface area contributed by atoms with Crippen molar-refractivity contribution >= 4 is 6.09 Å². The molecule has 0 bridgehead atoms. The van der Waals surface area contributed by atoms with Crippen molar-refractivity contribution in [2.45, 2.75) is 12.5 Å². The average Bonchev–Trinajstić information content (AvgIpc) is 2.48. The van der Waals surface area contributed by atoms with Gasteiger partial charge in [-0.3, -0.25) is 0 Å². The summed E-state index contributed by atoms with van der Waals surface area (Å²) in [4.78, 5) is 12.3. The van der Waals surface area contributed by atoms with Crippen molar-refractivity contribution in [3.05, 3.63) is 29.8 Å². The number of hydrogen-bond acceptors (Lipinski definition) is 4. The van der Waals surface area contributed by atoms with Crippen LogP contribution in [0.4, 0.5) is 4.79 Å². The fourth-order valence-electron chi connectivity index (χ4n) is 2.14. The molecule has 0 unspecified atom stereocenters. The minimum atomic E-state index is -0.871. The van der Waals surface area contributed by atoms with Gasteiger partial charge in [0.25, 0.3) is 0 Å². The Morgan fingerprint density at radius 1 is 1.50 bits per heavy atom. The minimum absolute atomic E-state index is 0.123. The number of carbonyl (C=O) groups is 1. The van der Waals surface area contributed by atoms with Crippen LogP contribution in [0.2, 0.25) is 0 Å². The Morgan fingerprint density at radius 2 is 2.25 bits per heavy atom. The molecule has 2 N–H and O–H groups in total. The SMILES string of the molecule is N#Cc1ccc(OCC[C@@H]2CN(C(=O)O)CCN2)cc1. The molecule has 0 saturated carbocycles. The largest absolute Gasteiger partial charge is 0.494 e. The standard InChI is InChI=1S/C14H17N3O3/c15-9-11-1-3-13(4-2-11)20-8-5-12-10-17(14(18)19)7-6-16-12/h1-4,12,16H,5-8,10H2,(H,18,19)/t12-/m1/s1. The molecule has 0 radical (unpaired) electrons. The Kier molecular flexibility index (Phi) is 4.80. The number of hydrogen-bond donors (Lipinski definition) is 2. The highest BCUT2D eigenvalue weighted by Gasteiger charge is 2.22. The van der Waals surface area contributed by atoms with E-state index in [1.807, 2.05) is 0 Å². The van der Waals surface area contributed by atoms with Gasteiger partial charge in [0.15, 0.2) is 0 Å². The summed E-state index contributed by atoms with van der Waals surface area (Å²) in [6.45, 7) is 2.21. The molecule has 1 fully saturated rings. The summed E-state index contributed by atoms with van der Waals surface area (Å²) in [6, 6.07) is 9.11. The third-order valence-corrected chi connectivity index (χ3v) is 3.24. The van der Waals surface area contributed by atoms with Crippen LogP contribution >= 0.6 is 0 Å². The zero-order chi connectivity index (χ0) is 14.4. The summed E-state index contributed by atoms with van der Waals surface area (Å²) in [5.74, 6) is 0.718. The Labute approximate surface area is 117 Å². The van der Waals surface area contributed by atoms with Gasteiger partial charge in [0.05, 0.1) is 18.2 Å². The molecule has 0 spiro atoms. The summed E-state index contributed by atoms with van der Waals surface area (Å²) >= 11 is 0. The highest BCUT2D eigenvalue weighted by molar-refractivity contribution is 5.65. The van der Waals surface area contributed by atoms with Crippen LogP contribution in [0.3, 0.4) is 0 Å². The van der Waals surface area contributed by atoms with E-state index in [1.165, 1.54) is 4.90 Å². The fourth-order valence-corrected chi connectivity index (χ4v) is 2.14. The van der Waals surface area contributed by atoms with E-state index in [2.05, 4.69) is 11.4 Å². The fraction of sp³-hybridized carbons (Fsp3) is 0.429. The first kappa shape index (κ1) is 14.2. The molecular formula is C14H17N3O3. The van der Waals surface area contributed by atoms with Gasteiger partial charge in [0.2, 0.25) is 0 Å². The zero-order valence-electron chi connectivity index (χ0n) is 11.1. The predicted molar refractivity (Wildman–Crippen MR) is 72.7 cm³/mol. The van der Waals surface area contributed by atoms with Gasteiger partial charge in [-0.05, 0) is 30.7 Å². The maximum atomic E-state index is 10.9. The van der Waals surface area contributed by atoms with Crippen molar-refractivity contribution in [2.24, 2.45) is 0 Å². The monoisotopic (exact) mass is 275 g/mol. The summed E-state index contributed by atoms with van der Waals surface area (Å²) in [7, 11) is 0. The summed E-state index contributed by atoms with van der Waals surface area (Å²) in [6.07, 6.45) is -0.131. The number of rotatable bonds is 4. The van der Waals surface area contributed by atoms with Crippen LogP contribution in [0.1, 0.15) is 12.0 Å². The smallest absolute Gasteiger partial charge is 0.407 e. The molecule has 6 heteroatoms. The van der Waals surface area contributed by atoms with Crippen LogP contribution in [0.15, 0.2) is 24.3 Å². The molecule has 2 rings (SSSR count). The summed E-state index contributed by atoms with van der Waals surface area (Å²) in [5.41, 5.74) is 0.600. The van der Waals surface area contributed by atoms with Gasteiger partial charge in [-0.25, -0.2) is 4.79 Å². The quantitative estimate of drug-likeness (QED) is 0.864. The van der Waals surface area contributed by atoms with Gasteiger partial charge >= 0.3 is 6.09 Å². The second-order valence-electron chi connectivity index (χ2n) is 4.65. The Morgan fingerprint density at radius 3 is 2.90 bits per heavy atom. The maximum Gasteiger partial charge on any atom is 0.407 e. The summed E-state index contributed by atoms with van der Waals surface area (Å²) in [5, 5.41) is 20.9. The van der Waals surface area contributed by atoms with Gasteiger partial charge in [-0.1, -0.05) is 0 Å². The van der Waals surface area contributed by atoms with Crippen LogP contribution in [0.5, 0.6) is 5.75 Å². The van der Waals surface area contributed by atoms with Gasteiger partial charge in [-0.2, -0.15) is 5.26 Å². The van der Waals surface area contributed by atoms with Gasteiger partial charge in [0.1, 0.15) is 5.75 Å². The van der Waals surface area contributed by atoms with Crippen molar-refractivity contribution in [3.8, 4) is 11.8 Å². The first-order chi connectivity index (χ1) is 9.69. The molecule has 1 aromatic carbocycles. The topological polar surface area (TPSA) is 85.6 Å². The molecule has 1 atom stereocenters. The predicted octanol–water partition coefficient (Wildman–Crippen LogP) is 1.28. The van der Waals surface area contributed by atoms with Crippen LogP contribution in [0, 0.1) is 11.3 Å². The van der Waals surface area contributed by atoms with Crippen molar-refractivity contribution in [2.75, 3.05) is 26.2 Å². The molecule has 106 valence electrons. The van der Waals surface area contributed by atoms with E-state index in [-0.39, 0.29) is 6.04 Å². The average molecular weight is 275 g/mol.